The fourth-order valence-electron chi connectivity index (χ4n) is 2.81. The molecular weight excluding hydrogens is 467 g/mol. The maximum Gasteiger partial charge on any atom is 0.191 e. The lowest BCUT2D eigenvalue weighted by Gasteiger charge is -2.15. The largest absolute Gasteiger partial charge is 0.491 e. The summed E-state index contributed by atoms with van der Waals surface area (Å²) in [6.45, 7) is 6.06. The van der Waals surface area contributed by atoms with Gasteiger partial charge in [0.25, 0.3) is 0 Å². The van der Waals surface area contributed by atoms with Crippen molar-refractivity contribution in [3.63, 3.8) is 0 Å². The highest BCUT2D eigenvalue weighted by Gasteiger charge is 2.07. The minimum absolute atomic E-state index is 0. The lowest BCUT2D eigenvalue weighted by molar-refractivity contribution is 0.317. The molecule has 7 nitrogen and oxygen atoms in total. The van der Waals surface area contributed by atoms with E-state index in [0.717, 1.165) is 17.2 Å². The van der Waals surface area contributed by atoms with Crippen LogP contribution in [0.4, 0.5) is 0 Å². The molecule has 0 unspecified atom stereocenters. The summed E-state index contributed by atoms with van der Waals surface area (Å²) in [5, 5.41) is 14.9. The maximum atomic E-state index is 5.93. The number of guanidine groups is 1. The van der Waals surface area contributed by atoms with Crippen LogP contribution in [0.3, 0.4) is 0 Å². The van der Waals surface area contributed by atoms with Gasteiger partial charge in [0.15, 0.2) is 17.4 Å². The van der Waals surface area contributed by atoms with E-state index in [1.54, 1.807) is 7.05 Å². The first-order chi connectivity index (χ1) is 13.2. The second-order valence-corrected chi connectivity index (χ2v) is 6.44. The monoisotopic (exact) mass is 494 g/mol. The van der Waals surface area contributed by atoms with Crippen molar-refractivity contribution in [1.82, 2.24) is 25.2 Å². The summed E-state index contributed by atoms with van der Waals surface area (Å²) >= 11 is 0. The molecule has 0 aliphatic rings. The summed E-state index contributed by atoms with van der Waals surface area (Å²) in [5.41, 5.74) is 2.05. The molecule has 3 rings (SSSR count). The number of hydrogen-bond acceptors (Lipinski definition) is 4. The van der Waals surface area contributed by atoms with E-state index in [2.05, 4.69) is 45.7 Å². The average Bonchev–Trinajstić information content (AvgIpc) is 3.11. The van der Waals surface area contributed by atoms with Crippen LogP contribution in [0.1, 0.15) is 31.2 Å². The summed E-state index contributed by atoms with van der Waals surface area (Å²) in [7, 11) is 1.74. The topological polar surface area (TPSA) is 75.8 Å². The Balaban J connectivity index is 0.00000280. The zero-order valence-corrected chi connectivity index (χ0v) is 18.8. The van der Waals surface area contributed by atoms with Crippen LogP contribution in [0.2, 0.25) is 0 Å². The van der Waals surface area contributed by atoms with Crippen LogP contribution in [0.5, 0.6) is 5.75 Å². The number of hydrogen-bond donors (Lipinski definition) is 2. The normalized spacial score (nSPS) is 11.4. The van der Waals surface area contributed by atoms with Gasteiger partial charge in [0.1, 0.15) is 12.4 Å². The second kappa shape index (κ2) is 10.8. The maximum absolute atomic E-state index is 5.93. The number of nitrogens with zero attached hydrogens (tertiary/aromatic N) is 4. The van der Waals surface area contributed by atoms with Gasteiger partial charge >= 0.3 is 0 Å². The zero-order chi connectivity index (χ0) is 19.1. The Hall–Kier alpha value is -2.36. The predicted molar refractivity (Wildman–Crippen MR) is 123 cm³/mol. The molecule has 2 heterocycles. The van der Waals surface area contributed by atoms with Crippen molar-refractivity contribution in [2.24, 2.45) is 4.99 Å². The molecule has 2 aromatic heterocycles. The Kier molecular flexibility index (Phi) is 8.49. The highest BCUT2D eigenvalue weighted by atomic mass is 127. The van der Waals surface area contributed by atoms with Crippen molar-refractivity contribution < 1.29 is 4.74 Å². The van der Waals surface area contributed by atoms with Gasteiger partial charge in [-0.25, -0.2) is 0 Å². The highest BCUT2D eigenvalue weighted by molar-refractivity contribution is 14.0. The molecule has 0 saturated heterocycles. The third-order valence-corrected chi connectivity index (χ3v) is 4.21. The Morgan fingerprint density at radius 1 is 1.11 bits per heavy atom. The molecule has 0 atom stereocenters. The van der Waals surface area contributed by atoms with Gasteiger partial charge in [-0.05, 0) is 29.7 Å². The summed E-state index contributed by atoms with van der Waals surface area (Å²) in [5.74, 6) is 2.90. The summed E-state index contributed by atoms with van der Waals surface area (Å²) in [4.78, 5) is 4.24. The van der Waals surface area contributed by atoms with Gasteiger partial charge in [-0.3, -0.25) is 9.39 Å². The van der Waals surface area contributed by atoms with Crippen molar-refractivity contribution in [3.8, 4) is 5.75 Å². The van der Waals surface area contributed by atoms with Crippen molar-refractivity contribution in [3.05, 3.63) is 60.0 Å². The number of ether oxygens (including phenoxy) is 1. The molecule has 0 spiro atoms. The molecule has 3 aromatic rings. The van der Waals surface area contributed by atoms with Gasteiger partial charge in [-0.2, -0.15) is 0 Å². The third kappa shape index (κ3) is 5.57. The molecule has 1 aromatic carbocycles. The second-order valence-electron chi connectivity index (χ2n) is 6.44. The van der Waals surface area contributed by atoms with Gasteiger partial charge in [-0.1, -0.05) is 38.1 Å². The van der Waals surface area contributed by atoms with Crippen LogP contribution >= 0.6 is 24.0 Å². The summed E-state index contributed by atoms with van der Waals surface area (Å²) in [6, 6.07) is 14.0. The molecule has 0 aliphatic heterocycles. The quantitative estimate of drug-likeness (QED) is 0.228. The first-order valence-electron chi connectivity index (χ1n) is 9.14. The minimum atomic E-state index is 0. The van der Waals surface area contributed by atoms with Crippen LogP contribution in [0.25, 0.3) is 5.65 Å². The fraction of sp³-hybridized carbons (Fsp3) is 0.350. The lowest BCUT2D eigenvalue weighted by atomic mass is 10.0. The van der Waals surface area contributed by atoms with Crippen LogP contribution in [-0.4, -0.2) is 40.8 Å². The fourth-order valence-corrected chi connectivity index (χ4v) is 2.81. The Labute approximate surface area is 182 Å². The van der Waals surface area contributed by atoms with Gasteiger partial charge in [0.05, 0.1) is 13.1 Å². The molecule has 150 valence electrons. The number of fused-ring (bicyclic) bond motifs is 1. The summed E-state index contributed by atoms with van der Waals surface area (Å²) < 4.78 is 7.88. The Bertz CT molecular complexity index is 908. The van der Waals surface area contributed by atoms with E-state index in [1.807, 2.05) is 47.0 Å². The van der Waals surface area contributed by atoms with Crippen molar-refractivity contribution >= 4 is 35.6 Å². The number of halogens is 1. The molecule has 0 fully saturated rings. The molecular formula is C20H27IN6O. The number of aromatic nitrogens is 3. The molecule has 0 amide bonds. The molecule has 8 heteroatoms. The van der Waals surface area contributed by atoms with Gasteiger partial charge in [-0.15, -0.1) is 34.2 Å². The number of nitrogens with one attached hydrogen (secondary N) is 2. The number of rotatable bonds is 7. The van der Waals surface area contributed by atoms with Gasteiger partial charge < -0.3 is 15.4 Å². The van der Waals surface area contributed by atoms with E-state index in [4.69, 9.17) is 4.74 Å². The molecule has 0 bridgehead atoms. The smallest absolute Gasteiger partial charge is 0.191 e. The first-order valence-corrected chi connectivity index (χ1v) is 9.14. The van der Waals surface area contributed by atoms with Crippen molar-refractivity contribution in [2.45, 2.75) is 26.3 Å². The molecule has 28 heavy (non-hydrogen) atoms. The molecule has 0 saturated carbocycles. The highest BCUT2D eigenvalue weighted by Crippen LogP contribution is 2.25. The van der Waals surface area contributed by atoms with Crippen LogP contribution in [-0.2, 0) is 6.54 Å². The molecule has 0 aliphatic carbocycles. The van der Waals surface area contributed by atoms with E-state index < -0.39 is 0 Å². The number of para-hydroxylation sites is 1. The Morgan fingerprint density at radius 3 is 2.68 bits per heavy atom. The van der Waals surface area contributed by atoms with Gasteiger partial charge in [0.2, 0.25) is 0 Å². The van der Waals surface area contributed by atoms with Crippen LogP contribution in [0, 0.1) is 0 Å². The zero-order valence-electron chi connectivity index (χ0n) is 16.4. The van der Waals surface area contributed by atoms with Crippen molar-refractivity contribution in [2.75, 3.05) is 20.2 Å². The lowest BCUT2D eigenvalue weighted by Crippen LogP contribution is -2.39. The third-order valence-electron chi connectivity index (χ3n) is 4.21. The standard InChI is InChI=1S/C20H26N6O.HI/c1-15(2)16-8-4-5-9-17(16)27-13-11-22-20(21-3)23-14-19-25-24-18-10-6-7-12-26(18)19;/h4-10,12,15H,11,13-14H2,1-3H3,(H2,21,22,23);1H. The SMILES string of the molecule is CN=C(NCCOc1ccccc1C(C)C)NCc1nnc2ccccn12.I. The van der Waals surface area contributed by atoms with Crippen LogP contribution < -0.4 is 15.4 Å². The Morgan fingerprint density at radius 2 is 1.89 bits per heavy atom. The van der Waals surface area contributed by atoms with E-state index >= 15 is 0 Å². The minimum Gasteiger partial charge on any atom is -0.491 e. The molecule has 2 N–H and O–H groups in total. The summed E-state index contributed by atoms with van der Waals surface area (Å²) in [6.07, 6.45) is 1.95. The van der Waals surface area contributed by atoms with E-state index in [1.165, 1.54) is 5.56 Å². The van der Waals surface area contributed by atoms with Crippen molar-refractivity contribution in [1.29, 1.82) is 0 Å². The molecule has 0 radical (unpaired) electrons. The first kappa shape index (κ1) is 21.9. The van der Waals surface area contributed by atoms with Gasteiger partial charge in [0, 0.05) is 13.2 Å². The van der Waals surface area contributed by atoms with E-state index in [0.29, 0.717) is 31.6 Å². The van der Waals surface area contributed by atoms with Crippen LogP contribution in [0.15, 0.2) is 53.7 Å². The number of benzene rings is 1. The van der Waals surface area contributed by atoms with E-state index in [-0.39, 0.29) is 24.0 Å². The predicted octanol–water partition coefficient (Wildman–Crippen LogP) is 3.21. The number of aliphatic imine (C=N–C) groups is 1. The van der Waals surface area contributed by atoms with E-state index in [9.17, 15) is 0 Å². The average molecular weight is 494 g/mol. The number of pyridine rings is 1.